The first-order chi connectivity index (χ1) is 15.2. The average Bonchev–Trinajstić information content (AvgIpc) is 2.99. The van der Waals surface area contributed by atoms with Crippen LogP contribution in [0.4, 0.5) is 13.2 Å². The largest absolute Gasteiger partial charge is 0.503 e. The Hall–Kier alpha value is -3.30. The summed E-state index contributed by atoms with van der Waals surface area (Å²) in [5.41, 5.74) is -2.61. The molecule has 1 aromatic heterocycles. The molecule has 0 radical (unpaired) electrons. The molecule has 2 aliphatic heterocycles. The lowest BCUT2D eigenvalue weighted by Crippen LogP contribution is -2.55. The van der Waals surface area contributed by atoms with Crippen molar-refractivity contribution in [3.05, 3.63) is 62.8 Å². The second-order valence-electron chi connectivity index (χ2n) is 8.83. The number of amides is 2. The van der Waals surface area contributed by atoms with Gasteiger partial charge in [0.1, 0.15) is 23.0 Å². The Labute approximate surface area is 180 Å². The normalized spacial score (nSPS) is 23.7. The zero-order valence-corrected chi connectivity index (χ0v) is 17.0. The molecule has 1 saturated carbocycles. The van der Waals surface area contributed by atoms with E-state index in [0.717, 1.165) is 25.7 Å². The number of pyridine rings is 1. The first kappa shape index (κ1) is 20.6. The number of nitrogens with zero attached hydrogens (tertiary/aromatic N) is 2. The first-order valence-corrected chi connectivity index (χ1v) is 10.4. The molecule has 2 aromatic rings. The van der Waals surface area contributed by atoms with Crippen LogP contribution in [0.1, 0.15) is 52.1 Å². The van der Waals surface area contributed by atoms with Crippen LogP contribution < -0.4 is 10.7 Å². The molecular formula is C22H20F3N3O4. The molecule has 10 heteroatoms. The number of aromatic nitrogens is 1. The molecule has 168 valence electrons. The van der Waals surface area contributed by atoms with Gasteiger partial charge in [0.25, 0.3) is 11.8 Å². The summed E-state index contributed by atoms with van der Waals surface area (Å²) in [5, 5.41) is 12.7. The summed E-state index contributed by atoms with van der Waals surface area (Å²) >= 11 is 0. The Bertz CT molecular complexity index is 1200. The van der Waals surface area contributed by atoms with Gasteiger partial charge in [0.15, 0.2) is 11.4 Å². The molecule has 3 heterocycles. The molecule has 2 amide bonds. The van der Waals surface area contributed by atoms with E-state index in [9.17, 15) is 32.7 Å². The van der Waals surface area contributed by atoms with Crippen LogP contribution in [-0.2, 0) is 13.1 Å². The van der Waals surface area contributed by atoms with Gasteiger partial charge in [-0.3, -0.25) is 14.4 Å². The van der Waals surface area contributed by atoms with E-state index in [1.807, 2.05) is 0 Å². The number of aromatic hydroxyl groups is 1. The highest BCUT2D eigenvalue weighted by Gasteiger charge is 2.53. The number of hydrogen-bond donors (Lipinski definition) is 2. The van der Waals surface area contributed by atoms with E-state index in [4.69, 9.17) is 0 Å². The Morgan fingerprint density at radius 1 is 1.22 bits per heavy atom. The summed E-state index contributed by atoms with van der Waals surface area (Å²) < 4.78 is 42.2. The number of carbonyl (C=O) groups is 2. The van der Waals surface area contributed by atoms with Crippen molar-refractivity contribution in [3.8, 4) is 5.75 Å². The maximum atomic E-state index is 13.8. The summed E-state index contributed by atoms with van der Waals surface area (Å²) in [6, 6.07) is 0.972. The highest BCUT2D eigenvalue weighted by molar-refractivity contribution is 5.99. The van der Waals surface area contributed by atoms with Crippen molar-refractivity contribution in [3.63, 3.8) is 0 Å². The third kappa shape index (κ3) is 3.00. The lowest BCUT2D eigenvalue weighted by Gasteiger charge is -2.44. The summed E-state index contributed by atoms with van der Waals surface area (Å²) in [4.78, 5) is 40.1. The van der Waals surface area contributed by atoms with E-state index in [-0.39, 0.29) is 5.69 Å². The number of nitrogens with one attached hydrogen (secondary N) is 1. The van der Waals surface area contributed by atoms with E-state index in [1.54, 1.807) is 4.90 Å². The summed E-state index contributed by atoms with van der Waals surface area (Å²) in [7, 11) is 0. The number of hydrogen-bond acceptors (Lipinski definition) is 4. The van der Waals surface area contributed by atoms with Crippen LogP contribution in [0, 0.1) is 23.4 Å². The highest BCUT2D eigenvalue weighted by Crippen LogP contribution is 2.48. The van der Waals surface area contributed by atoms with Gasteiger partial charge >= 0.3 is 0 Å². The minimum Gasteiger partial charge on any atom is -0.503 e. The zero-order valence-electron chi connectivity index (χ0n) is 17.0. The number of rotatable bonds is 3. The number of halogens is 3. The van der Waals surface area contributed by atoms with Gasteiger partial charge < -0.3 is 19.9 Å². The monoisotopic (exact) mass is 447 g/mol. The predicted molar refractivity (Wildman–Crippen MR) is 106 cm³/mol. The Morgan fingerprint density at radius 2 is 1.94 bits per heavy atom. The molecule has 2 fully saturated rings. The fourth-order valence-corrected chi connectivity index (χ4v) is 5.45. The van der Waals surface area contributed by atoms with Gasteiger partial charge in [-0.1, -0.05) is 6.42 Å². The number of benzene rings is 1. The van der Waals surface area contributed by atoms with E-state index >= 15 is 0 Å². The third-order valence-electron chi connectivity index (χ3n) is 6.88. The SMILES string of the molecule is O=C(NCc1c(F)cc(F)cc1F)c1cn2c(c(O)c1=O)C(=O)N1C[C@H]3CCC[C@@]1(C3)C2. The van der Waals surface area contributed by atoms with Gasteiger partial charge in [0.2, 0.25) is 5.43 Å². The topological polar surface area (TPSA) is 91.6 Å². The van der Waals surface area contributed by atoms with Crippen LogP contribution in [-0.4, -0.2) is 38.5 Å². The minimum atomic E-state index is -1.18. The van der Waals surface area contributed by atoms with Crippen LogP contribution in [0.2, 0.25) is 0 Å². The molecule has 1 saturated heterocycles. The maximum absolute atomic E-state index is 13.8. The molecule has 2 bridgehead atoms. The van der Waals surface area contributed by atoms with Crippen LogP contribution in [0.15, 0.2) is 23.1 Å². The second kappa shape index (κ2) is 7.11. The highest BCUT2D eigenvalue weighted by atomic mass is 19.1. The number of carbonyl (C=O) groups excluding carboxylic acids is 2. The number of fused-ring (bicyclic) bond motifs is 2. The van der Waals surface area contributed by atoms with Crippen molar-refractivity contribution in [2.75, 3.05) is 6.54 Å². The fraction of sp³-hybridized carbons (Fsp3) is 0.409. The van der Waals surface area contributed by atoms with Gasteiger partial charge in [-0.2, -0.15) is 0 Å². The Kier molecular flexibility index (Phi) is 4.58. The smallest absolute Gasteiger partial charge is 0.275 e. The molecule has 2 atom stereocenters. The summed E-state index contributed by atoms with van der Waals surface area (Å²) in [5.74, 6) is -5.29. The van der Waals surface area contributed by atoms with Crippen LogP contribution in [0.5, 0.6) is 5.75 Å². The van der Waals surface area contributed by atoms with Crippen LogP contribution in [0.3, 0.4) is 0 Å². The summed E-state index contributed by atoms with van der Waals surface area (Å²) in [6.45, 7) is 0.306. The molecule has 5 rings (SSSR count). The lowest BCUT2D eigenvalue weighted by molar-refractivity contribution is 0.0419. The lowest BCUT2D eigenvalue weighted by atomic mass is 9.79. The van der Waals surface area contributed by atoms with E-state index in [0.29, 0.717) is 31.1 Å². The molecular weight excluding hydrogens is 427 g/mol. The molecule has 7 nitrogen and oxygen atoms in total. The average molecular weight is 447 g/mol. The van der Waals surface area contributed by atoms with Gasteiger partial charge in [0.05, 0.1) is 5.54 Å². The molecule has 1 aromatic carbocycles. The van der Waals surface area contributed by atoms with Crippen molar-refractivity contribution in [1.29, 1.82) is 0 Å². The quantitative estimate of drug-likeness (QED) is 0.756. The van der Waals surface area contributed by atoms with Crippen molar-refractivity contribution in [2.24, 2.45) is 5.92 Å². The van der Waals surface area contributed by atoms with E-state index < -0.39 is 63.7 Å². The Balaban J connectivity index is 1.46. The van der Waals surface area contributed by atoms with Crippen molar-refractivity contribution in [1.82, 2.24) is 14.8 Å². The standard InChI is InChI=1S/C22H20F3N3O4/c23-12-4-15(24)13(16(25)5-12)7-26-20(31)14-9-27-10-22-3-1-2-11(6-22)8-28(22)21(32)17(27)19(30)18(14)29/h4-5,9,11,30H,1-3,6-8,10H2,(H,26,31)/t11-,22+/m0/s1. The molecule has 0 unspecified atom stereocenters. The molecule has 1 spiro atoms. The predicted octanol–water partition coefficient (Wildman–Crippen LogP) is 2.30. The van der Waals surface area contributed by atoms with Crippen LogP contribution in [0.25, 0.3) is 0 Å². The van der Waals surface area contributed by atoms with Crippen LogP contribution >= 0.6 is 0 Å². The van der Waals surface area contributed by atoms with Crippen molar-refractivity contribution in [2.45, 2.75) is 44.3 Å². The fourth-order valence-electron chi connectivity index (χ4n) is 5.45. The minimum absolute atomic E-state index is 0.152. The molecule has 3 aliphatic rings. The Morgan fingerprint density at radius 3 is 2.66 bits per heavy atom. The first-order valence-electron chi connectivity index (χ1n) is 10.4. The summed E-state index contributed by atoms with van der Waals surface area (Å²) in [6.07, 6.45) is 4.84. The van der Waals surface area contributed by atoms with E-state index in [2.05, 4.69) is 5.32 Å². The van der Waals surface area contributed by atoms with Gasteiger partial charge in [-0.15, -0.1) is 0 Å². The van der Waals surface area contributed by atoms with E-state index in [1.165, 1.54) is 10.8 Å². The third-order valence-corrected chi connectivity index (χ3v) is 6.88. The molecule has 1 aliphatic carbocycles. The van der Waals surface area contributed by atoms with Gasteiger partial charge in [0, 0.05) is 43.5 Å². The molecule has 2 N–H and O–H groups in total. The second-order valence-corrected chi connectivity index (χ2v) is 8.83. The van der Waals surface area contributed by atoms with Gasteiger partial charge in [-0.05, 0) is 25.2 Å². The van der Waals surface area contributed by atoms with Gasteiger partial charge in [-0.25, -0.2) is 13.2 Å². The van der Waals surface area contributed by atoms with Crippen molar-refractivity contribution >= 4 is 11.8 Å². The zero-order chi connectivity index (χ0) is 22.8. The molecule has 32 heavy (non-hydrogen) atoms. The maximum Gasteiger partial charge on any atom is 0.275 e. The van der Waals surface area contributed by atoms with Crippen molar-refractivity contribution < 1.29 is 27.9 Å².